The summed E-state index contributed by atoms with van der Waals surface area (Å²) >= 11 is 0. The fourth-order valence-electron chi connectivity index (χ4n) is 2.98. The predicted octanol–water partition coefficient (Wildman–Crippen LogP) is 2.21. The molecule has 0 fully saturated rings. The second kappa shape index (κ2) is 6.95. The molecule has 24 heavy (non-hydrogen) atoms. The zero-order valence-corrected chi connectivity index (χ0v) is 14.2. The Hall–Kier alpha value is -2.50. The Kier molecular flexibility index (Phi) is 4.74. The Balaban J connectivity index is 1.55. The van der Waals surface area contributed by atoms with E-state index in [2.05, 4.69) is 10.5 Å². The number of benzene rings is 1. The number of fused-ring (bicyclic) bond motifs is 1. The summed E-state index contributed by atoms with van der Waals surface area (Å²) in [4.78, 5) is 12.2. The van der Waals surface area contributed by atoms with Crippen molar-refractivity contribution in [3.63, 3.8) is 0 Å². The lowest BCUT2D eigenvalue weighted by Gasteiger charge is -2.26. The molecule has 1 aromatic heterocycles. The van der Waals surface area contributed by atoms with Crippen molar-refractivity contribution in [2.24, 2.45) is 5.92 Å². The molecular formula is C18H22N2O4. The van der Waals surface area contributed by atoms with E-state index in [0.717, 1.165) is 34.7 Å². The van der Waals surface area contributed by atoms with Gasteiger partial charge in [0.2, 0.25) is 5.91 Å². The average Bonchev–Trinajstić information content (AvgIpc) is 2.91. The van der Waals surface area contributed by atoms with Gasteiger partial charge in [0.05, 0.1) is 25.8 Å². The molecule has 0 bridgehead atoms. The molecule has 0 saturated carbocycles. The molecule has 0 aliphatic carbocycles. The highest BCUT2D eigenvalue weighted by atomic mass is 16.5. The van der Waals surface area contributed by atoms with Gasteiger partial charge < -0.3 is 19.3 Å². The van der Waals surface area contributed by atoms with Crippen LogP contribution in [0.1, 0.15) is 22.6 Å². The SMILES string of the molecule is COc1cccc2c1OCC(CNC(=O)Cc1c(C)noc1C)C2. The predicted molar refractivity (Wildman–Crippen MR) is 88.4 cm³/mol. The van der Waals surface area contributed by atoms with Crippen molar-refractivity contribution in [3.8, 4) is 11.5 Å². The molecule has 128 valence electrons. The molecular weight excluding hydrogens is 308 g/mol. The second-order valence-electron chi connectivity index (χ2n) is 6.11. The van der Waals surface area contributed by atoms with Gasteiger partial charge in [0.15, 0.2) is 11.5 Å². The van der Waals surface area contributed by atoms with Gasteiger partial charge in [0.25, 0.3) is 0 Å². The minimum atomic E-state index is -0.0270. The number of nitrogens with zero attached hydrogens (tertiary/aromatic N) is 1. The van der Waals surface area contributed by atoms with E-state index >= 15 is 0 Å². The molecule has 3 rings (SSSR count). The van der Waals surface area contributed by atoms with Crippen LogP contribution in [0.4, 0.5) is 0 Å². The van der Waals surface area contributed by atoms with E-state index in [-0.39, 0.29) is 11.8 Å². The molecule has 1 amide bonds. The first-order valence-electron chi connectivity index (χ1n) is 8.05. The molecule has 2 aromatic rings. The average molecular weight is 330 g/mol. The van der Waals surface area contributed by atoms with Gasteiger partial charge in [-0.25, -0.2) is 0 Å². The summed E-state index contributed by atoms with van der Waals surface area (Å²) in [5.41, 5.74) is 2.75. The van der Waals surface area contributed by atoms with E-state index in [1.165, 1.54) is 0 Å². The summed E-state index contributed by atoms with van der Waals surface area (Å²) in [5, 5.41) is 6.86. The third-order valence-electron chi connectivity index (χ3n) is 4.36. The summed E-state index contributed by atoms with van der Waals surface area (Å²) in [5.74, 6) is 2.50. The lowest BCUT2D eigenvalue weighted by molar-refractivity contribution is -0.120. The molecule has 1 aliphatic rings. The Morgan fingerprint density at radius 1 is 1.42 bits per heavy atom. The first kappa shape index (κ1) is 16.4. The first-order chi connectivity index (χ1) is 11.6. The third kappa shape index (κ3) is 3.37. The van der Waals surface area contributed by atoms with Crippen LogP contribution in [0.5, 0.6) is 11.5 Å². The molecule has 0 spiro atoms. The van der Waals surface area contributed by atoms with Gasteiger partial charge in [0, 0.05) is 18.0 Å². The van der Waals surface area contributed by atoms with Crippen LogP contribution in [0, 0.1) is 19.8 Å². The number of hydrogen-bond donors (Lipinski definition) is 1. The topological polar surface area (TPSA) is 73.6 Å². The number of carbonyl (C=O) groups is 1. The summed E-state index contributed by atoms with van der Waals surface area (Å²) in [6.45, 7) is 4.82. The van der Waals surface area contributed by atoms with Gasteiger partial charge in [-0.1, -0.05) is 17.3 Å². The molecule has 1 aromatic carbocycles. The summed E-state index contributed by atoms with van der Waals surface area (Å²) in [7, 11) is 1.64. The highest BCUT2D eigenvalue weighted by Gasteiger charge is 2.23. The van der Waals surface area contributed by atoms with Crippen LogP contribution >= 0.6 is 0 Å². The monoisotopic (exact) mass is 330 g/mol. The molecule has 2 heterocycles. The van der Waals surface area contributed by atoms with Crippen molar-refractivity contribution in [1.82, 2.24) is 10.5 Å². The third-order valence-corrected chi connectivity index (χ3v) is 4.36. The Morgan fingerprint density at radius 3 is 2.96 bits per heavy atom. The zero-order valence-electron chi connectivity index (χ0n) is 14.2. The highest BCUT2D eigenvalue weighted by Crippen LogP contribution is 2.35. The summed E-state index contributed by atoms with van der Waals surface area (Å²) in [6, 6.07) is 5.89. The lowest BCUT2D eigenvalue weighted by atomic mass is 9.96. The molecule has 0 radical (unpaired) electrons. The molecule has 1 unspecified atom stereocenters. The van der Waals surface area contributed by atoms with E-state index in [9.17, 15) is 4.79 Å². The van der Waals surface area contributed by atoms with Crippen molar-refractivity contribution < 1.29 is 18.8 Å². The van der Waals surface area contributed by atoms with Crippen LogP contribution in [0.2, 0.25) is 0 Å². The maximum Gasteiger partial charge on any atom is 0.224 e. The van der Waals surface area contributed by atoms with E-state index in [1.807, 2.05) is 32.0 Å². The van der Waals surface area contributed by atoms with Crippen molar-refractivity contribution in [1.29, 1.82) is 0 Å². The van der Waals surface area contributed by atoms with Gasteiger partial charge in [-0.2, -0.15) is 0 Å². The Bertz CT molecular complexity index is 719. The number of aryl methyl sites for hydroxylation is 2. The number of aromatic nitrogens is 1. The number of methoxy groups -OCH3 is 1. The van der Waals surface area contributed by atoms with Crippen LogP contribution in [0.15, 0.2) is 22.7 Å². The van der Waals surface area contributed by atoms with Gasteiger partial charge >= 0.3 is 0 Å². The minimum Gasteiger partial charge on any atom is -0.493 e. The van der Waals surface area contributed by atoms with E-state index in [0.29, 0.717) is 25.3 Å². The molecule has 6 nitrogen and oxygen atoms in total. The van der Waals surface area contributed by atoms with Gasteiger partial charge in [-0.15, -0.1) is 0 Å². The van der Waals surface area contributed by atoms with Crippen molar-refractivity contribution in [2.45, 2.75) is 26.7 Å². The highest BCUT2D eigenvalue weighted by molar-refractivity contribution is 5.79. The number of hydrogen-bond acceptors (Lipinski definition) is 5. The molecule has 6 heteroatoms. The minimum absolute atomic E-state index is 0.0270. The fraction of sp³-hybridized carbons (Fsp3) is 0.444. The van der Waals surface area contributed by atoms with Crippen LogP contribution < -0.4 is 14.8 Å². The first-order valence-corrected chi connectivity index (χ1v) is 8.05. The van der Waals surface area contributed by atoms with Gasteiger partial charge in [0.1, 0.15) is 5.76 Å². The molecule has 1 atom stereocenters. The van der Waals surface area contributed by atoms with Gasteiger partial charge in [-0.05, 0) is 31.9 Å². The van der Waals surface area contributed by atoms with Gasteiger partial charge in [-0.3, -0.25) is 4.79 Å². The van der Waals surface area contributed by atoms with Crippen molar-refractivity contribution in [2.75, 3.05) is 20.3 Å². The summed E-state index contributed by atoms with van der Waals surface area (Å²) in [6.07, 6.45) is 1.15. The van der Waals surface area contributed by atoms with E-state index < -0.39 is 0 Å². The van der Waals surface area contributed by atoms with E-state index in [1.54, 1.807) is 7.11 Å². The summed E-state index contributed by atoms with van der Waals surface area (Å²) < 4.78 is 16.2. The van der Waals surface area contributed by atoms with Crippen molar-refractivity contribution >= 4 is 5.91 Å². The van der Waals surface area contributed by atoms with Crippen LogP contribution in [0.25, 0.3) is 0 Å². The normalized spacial score (nSPS) is 16.2. The quantitative estimate of drug-likeness (QED) is 0.910. The second-order valence-corrected chi connectivity index (χ2v) is 6.11. The maximum absolute atomic E-state index is 12.2. The number of para-hydroxylation sites is 1. The standard InChI is InChI=1S/C18H22N2O4/c1-11-15(12(2)24-20-11)8-17(21)19-9-13-7-14-5-4-6-16(22-3)18(14)23-10-13/h4-6,13H,7-10H2,1-3H3,(H,19,21). The Labute approximate surface area is 141 Å². The van der Waals surface area contributed by atoms with Crippen molar-refractivity contribution in [3.05, 3.63) is 40.8 Å². The molecule has 1 aliphatic heterocycles. The number of ether oxygens (including phenoxy) is 2. The Morgan fingerprint density at radius 2 is 2.25 bits per heavy atom. The number of amides is 1. The molecule has 1 N–H and O–H groups in total. The smallest absolute Gasteiger partial charge is 0.224 e. The maximum atomic E-state index is 12.2. The lowest BCUT2D eigenvalue weighted by Crippen LogP contribution is -2.35. The number of nitrogens with one attached hydrogen (secondary N) is 1. The van der Waals surface area contributed by atoms with Crippen LogP contribution in [-0.2, 0) is 17.6 Å². The fourth-order valence-corrected chi connectivity index (χ4v) is 2.98. The van der Waals surface area contributed by atoms with Crippen LogP contribution in [0.3, 0.4) is 0 Å². The largest absolute Gasteiger partial charge is 0.493 e. The number of carbonyl (C=O) groups excluding carboxylic acids is 1. The van der Waals surface area contributed by atoms with Crippen LogP contribution in [-0.4, -0.2) is 31.3 Å². The molecule has 0 saturated heterocycles. The zero-order chi connectivity index (χ0) is 17.1. The number of rotatable bonds is 5. The van der Waals surface area contributed by atoms with E-state index in [4.69, 9.17) is 14.0 Å².